The second-order valence-corrected chi connectivity index (χ2v) is 6.27. The lowest BCUT2D eigenvalue weighted by atomic mass is 10.1. The molecule has 0 aromatic heterocycles. The molecule has 21 heavy (non-hydrogen) atoms. The third kappa shape index (κ3) is 5.42. The number of para-hydroxylation sites is 1. The molecular formula is C16H23NO3S. The van der Waals surface area contributed by atoms with Gasteiger partial charge in [-0.2, -0.15) is 0 Å². The predicted molar refractivity (Wildman–Crippen MR) is 86.7 cm³/mol. The van der Waals surface area contributed by atoms with Crippen LogP contribution in [-0.2, 0) is 9.59 Å². The van der Waals surface area contributed by atoms with E-state index >= 15 is 0 Å². The van der Waals surface area contributed by atoms with Crippen molar-refractivity contribution in [2.75, 3.05) is 5.32 Å². The number of rotatable bonds is 8. The van der Waals surface area contributed by atoms with Gasteiger partial charge in [0, 0.05) is 10.8 Å². The summed E-state index contributed by atoms with van der Waals surface area (Å²) in [6.07, 6.45) is 2.19. The minimum absolute atomic E-state index is 0.0343. The number of amides is 1. The van der Waals surface area contributed by atoms with E-state index in [0.29, 0.717) is 12.1 Å². The van der Waals surface area contributed by atoms with Crippen LogP contribution in [0.15, 0.2) is 29.2 Å². The van der Waals surface area contributed by atoms with Gasteiger partial charge < -0.3 is 10.4 Å². The number of carbonyl (C=O) groups excluding carboxylic acids is 1. The van der Waals surface area contributed by atoms with Crippen molar-refractivity contribution < 1.29 is 14.7 Å². The normalized spacial score (nSPS) is 13.5. The number of hydrogen-bond acceptors (Lipinski definition) is 3. The molecule has 116 valence electrons. The van der Waals surface area contributed by atoms with Crippen molar-refractivity contribution in [2.45, 2.75) is 50.2 Å². The van der Waals surface area contributed by atoms with Crippen LogP contribution < -0.4 is 5.32 Å². The Hall–Kier alpha value is -1.49. The number of carboxylic acid groups (broad SMARTS) is 1. The number of carbonyl (C=O) groups is 2. The molecule has 0 heterocycles. The summed E-state index contributed by atoms with van der Waals surface area (Å²) in [7, 11) is 0. The molecule has 2 atom stereocenters. The highest BCUT2D eigenvalue weighted by Crippen LogP contribution is 2.32. The summed E-state index contributed by atoms with van der Waals surface area (Å²) in [5, 5.41) is 11.7. The molecule has 5 heteroatoms. The first-order valence-electron chi connectivity index (χ1n) is 7.28. The molecule has 0 aliphatic carbocycles. The fraction of sp³-hybridized carbons (Fsp3) is 0.500. The summed E-state index contributed by atoms with van der Waals surface area (Å²) in [5.74, 6) is -0.910. The minimum Gasteiger partial charge on any atom is -0.480 e. The van der Waals surface area contributed by atoms with Crippen LogP contribution in [0.5, 0.6) is 0 Å². The number of hydrogen-bond donors (Lipinski definition) is 2. The minimum atomic E-state index is -0.815. The van der Waals surface area contributed by atoms with E-state index < -0.39 is 11.2 Å². The van der Waals surface area contributed by atoms with Crippen LogP contribution in [0.3, 0.4) is 0 Å². The van der Waals surface area contributed by atoms with E-state index in [0.717, 1.165) is 17.7 Å². The molecule has 0 spiro atoms. The maximum Gasteiger partial charge on any atom is 0.316 e. The quantitative estimate of drug-likeness (QED) is 0.712. The third-order valence-electron chi connectivity index (χ3n) is 3.30. The molecule has 0 saturated carbocycles. The number of thioether (sulfide) groups is 1. The van der Waals surface area contributed by atoms with Gasteiger partial charge >= 0.3 is 5.97 Å². The molecule has 0 aliphatic rings. The first kappa shape index (κ1) is 17.6. The van der Waals surface area contributed by atoms with E-state index in [1.165, 1.54) is 11.8 Å². The van der Waals surface area contributed by atoms with Crippen molar-refractivity contribution in [3.63, 3.8) is 0 Å². The van der Waals surface area contributed by atoms with Gasteiger partial charge in [-0.15, -0.1) is 11.8 Å². The molecule has 1 aromatic carbocycles. The van der Waals surface area contributed by atoms with E-state index in [1.807, 2.05) is 45.0 Å². The number of nitrogens with one attached hydrogen (secondary N) is 1. The number of anilines is 1. The highest BCUT2D eigenvalue weighted by atomic mass is 32.2. The molecule has 0 saturated heterocycles. The maximum absolute atomic E-state index is 12.0. The van der Waals surface area contributed by atoms with Gasteiger partial charge in [-0.05, 0) is 25.0 Å². The van der Waals surface area contributed by atoms with E-state index in [9.17, 15) is 14.7 Å². The largest absolute Gasteiger partial charge is 0.480 e. The number of benzene rings is 1. The van der Waals surface area contributed by atoms with Crippen LogP contribution in [0.2, 0.25) is 0 Å². The van der Waals surface area contributed by atoms with E-state index in [1.54, 1.807) is 0 Å². The van der Waals surface area contributed by atoms with Gasteiger partial charge in [0.15, 0.2) is 0 Å². The number of carboxylic acids is 1. The van der Waals surface area contributed by atoms with Gasteiger partial charge in [0.2, 0.25) is 5.91 Å². The van der Waals surface area contributed by atoms with Crippen molar-refractivity contribution >= 4 is 29.3 Å². The Morgan fingerprint density at radius 1 is 1.29 bits per heavy atom. The second kappa shape index (κ2) is 8.72. The van der Waals surface area contributed by atoms with Gasteiger partial charge in [-0.25, -0.2) is 0 Å². The summed E-state index contributed by atoms with van der Waals surface area (Å²) in [6, 6.07) is 7.36. The lowest BCUT2D eigenvalue weighted by molar-refractivity contribution is -0.136. The smallest absolute Gasteiger partial charge is 0.316 e. The molecule has 4 nitrogen and oxygen atoms in total. The van der Waals surface area contributed by atoms with E-state index in [-0.39, 0.29) is 11.8 Å². The van der Waals surface area contributed by atoms with Crippen LogP contribution >= 0.6 is 11.8 Å². The average molecular weight is 309 g/mol. The summed E-state index contributed by atoms with van der Waals surface area (Å²) in [4.78, 5) is 24.1. The van der Waals surface area contributed by atoms with Gasteiger partial charge in [-0.1, -0.05) is 39.3 Å². The Labute approximate surface area is 130 Å². The fourth-order valence-electron chi connectivity index (χ4n) is 1.76. The van der Waals surface area contributed by atoms with Gasteiger partial charge in [0.25, 0.3) is 0 Å². The molecule has 1 aromatic rings. The monoisotopic (exact) mass is 309 g/mol. The standard InChI is InChI=1S/C16H23NO3S/c1-4-8-14(16(19)20)21-13-10-7-6-9-12(13)17-15(18)11(3)5-2/h6-7,9-11,14H,4-5,8H2,1-3H3,(H,17,18)(H,19,20)/t11-,14-/m1/s1. The lowest BCUT2D eigenvalue weighted by Crippen LogP contribution is -2.20. The van der Waals surface area contributed by atoms with Crippen molar-refractivity contribution in [1.29, 1.82) is 0 Å². The molecule has 0 aliphatic heterocycles. The zero-order chi connectivity index (χ0) is 15.8. The Bertz CT molecular complexity index is 490. The van der Waals surface area contributed by atoms with Crippen LogP contribution in [0.1, 0.15) is 40.0 Å². The molecule has 0 radical (unpaired) electrons. The lowest BCUT2D eigenvalue weighted by Gasteiger charge is -2.16. The molecule has 0 unspecified atom stereocenters. The Kier molecular flexibility index (Phi) is 7.29. The van der Waals surface area contributed by atoms with Crippen molar-refractivity contribution in [3.05, 3.63) is 24.3 Å². The van der Waals surface area contributed by atoms with Crippen molar-refractivity contribution in [3.8, 4) is 0 Å². The first-order chi connectivity index (χ1) is 9.99. The highest BCUT2D eigenvalue weighted by molar-refractivity contribution is 8.00. The molecule has 1 amide bonds. The molecule has 0 bridgehead atoms. The summed E-state index contributed by atoms with van der Waals surface area (Å²) < 4.78 is 0. The summed E-state index contributed by atoms with van der Waals surface area (Å²) in [5.41, 5.74) is 0.690. The SMILES string of the molecule is CCC[C@@H](Sc1ccccc1NC(=O)[C@H](C)CC)C(=O)O. The van der Waals surface area contributed by atoms with Crippen LogP contribution in [0.4, 0.5) is 5.69 Å². The van der Waals surface area contributed by atoms with Gasteiger partial charge in [0.05, 0.1) is 5.69 Å². The van der Waals surface area contributed by atoms with Crippen LogP contribution in [0.25, 0.3) is 0 Å². The fourth-order valence-corrected chi connectivity index (χ4v) is 2.93. The first-order valence-corrected chi connectivity index (χ1v) is 8.16. The van der Waals surface area contributed by atoms with Crippen molar-refractivity contribution in [2.24, 2.45) is 5.92 Å². The maximum atomic E-state index is 12.0. The number of aliphatic carboxylic acids is 1. The average Bonchev–Trinajstić information content (AvgIpc) is 2.47. The molecule has 0 fully saturated rings. The zero-order valence-corrected chi connectivity index (χ0v) is 13.6. The summed E-state index contributed by atoms with van der Waals surface area (Å²) >= 11 is 1.30. The summed E-state index contributed by atoms with van der Waals surface area (Å²) in [6.45, 7) is 5.81. The molecular weight excluding hydrogens is 286 g/mol. The van der Waals surface area contributed by atoms with Crippen LogP contribution in [0, 0.1) is 5.92 Å². The second-order valence-electron chi connectivity index (χ2n) is 5.03. The van der Waals surface area contributed by atoms with E-state index in [2.05, 4.69) is 5.32 Å². The predicted octanol–water partition coefficient (Wildman–Crippen LogP) is 4.02. The van der Waals surface area contributed by atoms with Gasteiger partial charge in [0.1, 0.15) is 5.25 Å². The Morgan fingerprint density at radius 2 is 1.95 bits per heavy atom. The van der Waals surface area contributed by atoms with Crippen LogP contribution in [-0.4, -0.2) is 22.2 Å². The van der Waals surface area contributed by atoms with E-state index in [4.69, 9.17) is 0 Å². The Morgan fingerprint density at radius 3 is 2.52 bits per heavy atom. The Balaban J connectivity index is 2.88. The zero-order valence-electron chi connectivity index (χ0n) is 12.8. The highest BCUT2D eigenvalue weighted by Gasteiger charge is 2.20. The van der Waals surface area contributed by atoms with Crippen molar-refractivity contribution in [1.82, 2.24) is 0 Å². The third-order valence-corrected chi connectivity index (χ3v) is 4.63. The molecule has 2 N–H and O–H groups in total. The van der Waals surface area contributed by atoms with Gasteiger partial charge in [-0.3, -0.25) is 9.59 Å². The molecule has 1 rings (SSSR count). The topological polar surface area (TPSA) is 66.4 Å².